The van der Waals surface area contributed by atoms with Gasteiger partial charge in [0.25, 0.3) is 0 Å². The Morgan fingerprint density at radius 1 is 1.37 bits per heavy atom. The maximum atomic E-state index is 12.1. The van der Waals surface area contributed by atoms with Crippen molar-refractivity contribution in [1.29, 1.82) is 5.26 Å². The molecule has 102 valence electrons. The van der Waals surface area contributed by atoms with Crippen molar-refractivity contribution in [2.75, 3.05) is 23.8 Å². The van der Waals surface area contributed by atoms with Gasteiger partial charge >= 0.3 is 0 Å². The lowest BCUT2D eigenvalue weighted by Crippen LogP contribution is -2.32. The molecule has 0 bridgehead atoms. The van der Waals surface area contributed by atoms with Crippen LogP contribution in [0.15, 0.2) is 29.2 Å². The van der Waals surface area contributed by atoms with Crippen molar-refractivity contribution < 1.29 is 8.42 Å². The first-order valence-electron chi connectivity index (χ1n) is 6.16. The van der Waals surface area contributed by atoms with Crippen molar-refractivity contribution >= 4 is 21.6 Å². The Hall–Kier alpha value is -1.03. The van der Waals surface area contributed by atoms with Crippen LogP contribution in [0.3, 0.4) is 0 Å². The molecule has 1 aliphatic rings. The van der Waals surface area contributed by atoms with E-state index in [1.54, 1.807) is 0 Å². The molecule has 0 aromatic heterocycles. The fraction of sp³-hybridized carbons (Fsp3) is 0.462. The average molecular weight is 296 g/mol. The first kappa shape index (κ1) is 14.4. The van der Waals surface area contributed by atoms with E-state index in [-0.39, 0.29) is 10.6 Å². The van der Waals surface area contributed by atoms with Crippen LogP contribution < -0.4 is 5.32 Å². The molecule has 1 saturated heterocycles. The van der Waals surface area contributed by atoms with Gasteiger partial charge in [-0.15, -0.1) is 0 Å². The summed E-state index contributed by atoms with van der Waals surface area (Å²) >= 11 is 1.90. The Bertz CT molecular complexity index is 555. The van der Waals surface area contributed by atoms with Crippen LogP contribution >= 0.6 is 11.8 Å². The molecule has 0 saturated carbocycles. The zero-order chi connectivity index (χ0) is 13.7. The topological polar surface area (TPSA) is 70.0 Å². The number of nitrogens with one attached hydrogen (secondary N) is 1. The van der Waals surface area contributed by atoms with Crippen LogP contribution in [0.5, 0.6) is 0 Å². The van der Waals surface area contributed by atoms with Crippen molar-refractivity contribution in [3.05, 3.63) is 29.8 Å². The van der Waals surface area contributed by atoms with Crippen LogP contribution in [-0.2, 0) is 9.84 Å². The first-order valence-corrected chi connectivity index (χ1v) is 8.96. The number of nitrogens with zero attached hydrogens (tertiary/aromatic N) is 1. The Balaban J connectivity index is 1.91. The molecule has 0 spiro atoms. The summed E-state index contributed by atoms with van der Waals surface area (Å²) < 4.78 is 24.2. The standard InChI is InChI=1S/C13H16N2O2S2/c14-9-11-1-3-13(4-2-11)19(16,17)8-6-15-12-5-7-18-10-12/h1-4,12,15H,5-8,10H2. The van der Waals surface area contributed by atoms with E-state index in [0.29, 0.717) is 18.2 Å². The third-order valence-corrected chi connectivity index (χ3v) is 5.97. The number of nitriles is 1. The fourth-order valence-electron chi connectivity index (χ4n) is 1.95. The predicted octanol–water partition coefficient (Wildman–Crippen LogP) is 1.43. The number of hydrogen-bond acceptors (Lipinski definition) is 5. The lowest BCUT2D eigenvalue weighted by atomic mass is 10.2. The molecule has 19 heavy (non-hydrogen) atoms. The minimum atomic E-state index is -3.26. The molecule has 0 aliphatic carbocycles. The summed E-state index contributed by atoms with van der Waals surface area (Å²) in [7, 11) is -3.26. The Kier molecular flexibility index (Phi) is 4.86. The van der Waals surface area contributed by atoms with Gasteiger partial charge in [-0.05, 0) is 36.4 Å². The van der Waals surface area contributed by atoms with Crippen LogP contribution in [0.25, 0.3) is 0 Å². The maximum absolute atomic E-state index is 12.1. The monoisotopic (exact) mass is 296 g/mol. The van der Waals surface area contributed by atoms with E-state index in [2.05, 4.69) is 5.32 Å². The summed E-state index contributed by atoms with van der Waals surface area (Å²) in [6, 6.07) is 8.49. The molecule has 1 fully saturated rings. The SMILES string of the molecule is N#Cc1ccc(S(=O)(=O)CCNC2CCSC2)cc1. The van der Waals surface area contributed by atoms with Gasteiger partial charge in [0.1, 0.15) is 0 Å². The molecule has 1 N–H and O–H groups in total. The Morgan fingerprint density at radius 3 is 2.68 bits per heavy atom. The van der Waals surface area contributed by atoms with Crippen LogP contribution in [-0.4, -0.2) is 38.3 Å². The smallest absolute Gasteiger partial charge is 0.179 e. The predicted molar refractivity (Wildman–Crippen MR) is 76.9 cm³/mol. The summed E-state index contributed by atoms with van der Waals surface area (Å²) in [5.41, 5.74) is 0.472. The molecular formula is C13H16N2O2S2. The minimum absolute atomic E-state index is 0.0973. The van der Waals surface area contributed by atoms with Crippen molar-refractivity contribution in [1.82, 2.24) is 5.32 Å². The maximum Gasteiger partial charge on any atom is 0.179 e. The highest BCUT2D eigenvalue weighted by molar-refractivity contribution is 7.99. The summed E-state index contributed by atoms with van der Waals surface area (Å²) in [6.45, 7) is 0.480. The zero-order valence-electron chi connectivity index (χ0n) is 10.5. The zero-order valence-corrected chi connectivity index (χ0v) is 12.1. The van der Waals surface area contributed by atoms with Gasteiger partial charge in [0.05, 0.1) is 22.3 Å². The van der Waals surface area contributed by atoms with Crippen molar-refractivity contribution in [3.63, 3.8) is 0 Å². The number of thioether (sulfide) groups is 1. The number of sulfone groups is 1. The van der Waals surface area contributed by atoms with Gasteiger partial charge in [0, 0.05) is 18.3 Å². The van der Waals surface area contributed by atoms with Crippen molar-refractivity contribution in [2.45, 2.75) is 17.4 Å². The van der Waals surface area contributed by atoms with E-state index in [4.69, 9.17) is 5.26 Å². The molecular weight excluding hydrogens is 280 g/mol. The number of rotatable bonds is 5. The summed E-state index contributed by atoms with van der Waals surface area (Å²) in [6.07, 6.45) is 1.11. The molecule has 1 heterocycles. The van der Waals surface area contributed by atoms with E-state index in [0.717, 1.165) is 17.9 Å². The third kappa shape index (κ3) is 3.96. The van der Waals surface area contributed by atoms with Gasteiger partial charge in [0.2, 0.25) is 0 Å². The van der Waals surface area contributed by atoms with E-state index < -0.39 is 9.84 Å². The third-order valence-electron chi connectivity index (χ3n) is 3.08. The Labute approximate surface area is 118 Å². The van der Waals surface area contributed by atoms with Gasteiger partial charge in [-0.2, -0.15) is 17.0 Å². The van der Waals surface area contributed by atoms with Crippen LogP contribution in [0.2, 0.25) is 0 Å². The molecule has 1 unspecified atom stereocenters. The summed E-state index contributed by atoms with van der Waals surface area (Å²) in [5, 5.41) is 12.0. The summed E-state index contributed by atoms with van der Waals surface area (Å²) in [4.78, 5) is 0.286. The van der Waals surface area contributed by atoms with Gasteiger partial charge in [0.15, 0.2) is 9.84 Å². The highest BCUT2D eigenvalue weighted by Gasteiger charge is 2.17. The van der Waals surface area contributed by atoms with Crippen molar-refractivity contribution in [2.24, 2.45) is 0 Å². The fourth-order valence-corrected chi connectivity index (χ4v) is 4.31. The molecule has 4 nitrogen and oxygen atoms in total. The van der Waals surface area contributed by atoms with E-state index in [1.165, 1.54) is 24.3 Å². The lowest BCUT2D eigenvalue weighted by Gasteiger charge is -2.11. The quantitative estimate of drug-likeness (QED) is 0.890. The number of benzene rings is 1. The first-order chi connectivity index (χ1) is 9.12. The summed E-state index contributed by atoms with van der Waals surface area (Å²) in [5.74, 6) is 2.32. The van der Waals surface area contributed by atoms with Crippen LogP contribution in [0.1, 0.15) is 12.0 Å². The normalized spacial score (nSPS) is 19.2. The van der Waals surface area contributed by atoms with Gasteiger partial charge in [-0.25, -0.2) is 8.42 Å². The molecule has 0 radical (unpaired) electrons. The highest BCUT2D eigenvalue weighted by Crippen LogP contribution is 2.17. The van der Waals surface area contributed by atoms with E-state index in [9.17, 15) is 8.42 Å². The van der Waals surface area contributed by atoms with E-state index in [1.807, 2.05) is 17.8 Å². The second kappa shape index (κ2) is 6.42. The van der Waals surface area contributed by atoms with E-state index >= 15 is 0 Å². The largest absolute Gasteiger partial charge is 0.312 e. The van der Waals surface area contributed by atoms with Crippen LogP contribution in [0.4, 0.5) is 0 Å². The van der Waals surface area contributed by atoms with Gasteiger partial charge < -0.3 is 5.32 Å². The molecule has 0 amide bonds. The average Bonchev–Trinajstić information content (AvgIpc) is 2.92. The molecule has 2 rings (SSSR count). The molecule has 1 atom stereocenters. The van der Waals surface area contributed by atoms with Crippen LogP contribution in [0, 0.1) is 11.3 Å². The second-order valence-corrected chi connectivity index (χ2v) is 7.73. The lowest BCUT2D eigenvalue weighted by molar-refractivity contribution is 0.563. The Morgan fingerprint density at radius 2 is 2.11 bits per heavy atom. The minimum Gasteiger partial charge on any atom is -0.312 e. The van der Waals surface area contributed by atoms with Gasteiger partial charge in [-0.3, -0.25) is 0 Å². The molecule has 1 aromatic rings. The highest BCUT2D eigenvalue weighted by atomic mass is 32.2. The van der Waals surface area contributed by atoms with Gasteiger partial charge in [-0.1, -0.05) is 0 Å². The number of hydrogen-bond donors (Lipinski definition) is 1. The van der Waals surface area contributed by atoms with Crippen molar-refractivity contribution in [3.8, 4) is 6.07 Å². The second-order valence-electron chi connectivity index (χ2n) is 4.47. The molecule has 1 aliphatic heterocycles. The molecule has 6 heteroatoms. The molecule has 1 aromatic carbocycles.